The number of sulfonamides is 1. The van der Waals surface area contributed by atoms with Gasteiger partial charge in [0.1, 0.15) is 15.8 Å². The molecule has 0 aliphatic carbocycles. The molecule has 3 rings (SSSR count). The van der Waals surface area contributed by atoms with Gasteiger partial charge in [0.15, 0.2) is 0 Å². The molecule has 1 heterocycles. The van der Waals surface area contributed by atoms with Crippen LogP contribution in [-0.4, -0.2) is 23.8 Å². The number of aromatic hydroxyl groups is 1. The van der Waals surface area contributed by atoms with Crippen LogP contribution in [0.3, 0.4) is 0 Å². The van der Waals surface area contributed by atoms with Crippen molar-refractivity contribution in [3.63, 3.8) is 0 Å². The van der Waals surface area contributed by atoms with Crippen molar-refractivity contribution in [1.82, 2.24) is 15.4 Å². The first-order chi connectivity index (χ1) is 9.48. The number of hydrogen-bond acceptors (Lipinski definition) is 5. The third-order valence-electron chi connectivity index (χ3n) is 2.34. The minimum absolute atomic E-state index is 0. The number of rotatable bonds is 1. The molecule has 1 radical (unpaired) electrons. The molecule has 0 saturated carbocycles. The fourth-order valence-corrected chi connectivity index (χ4v) is 2.04. The minimum Gasteiger partial charge on any atom is -0.560 e. The molecule has 0 spiro atoms. The van der Waals surface area contributed by atoms with E-state index in [0.29, 0.717) is 0 Å². The molecular formula is C12H10AgN4O3S-2. The van der Waals surface area contributed by atoms with Crippen LogP contribution in [0.15, 0.2) is 53.4 Å². The zero-order valence-electron chi connectivity index (χ0n) is 10.4. The Bertz CT molecular complexity index is 790. The summed E-state index contributed by atoms with van der Waals surface area (Å²) in [4.78, 5) is -0.361. The van der Waals surface area contributed by atoms with Gasteiger partial charge in [-0.05, 0) is 23.2 Å². The van der Waals surface area contributed by atoms with Crippen molar-refractivity contribution < 1.29 is 35.9 Å². The fourth-order valence-electron chi connectivity index (χ4n) is 1.44. The number of benzene rings is 2. The molecule has 3 aromatic rings. The smallest absolute Gasteiger partial charge is 0.132 e. The van der Waals surface area contributed by atoms with Crippen molar-refractivity contribution in [3.05, 3.63) is 53.7 Å². The molecule has 21 heavy (non-hydrogen) atoms. The molecule has 115 valence electrons. The quantitative estimate of drug-likeness (QED) is 0.624. The first-order valence-electron chi connectivity index (χ1n) is 5.47. The molecule has 2 aromatic carbocycles. The van der Waals surface area contributed by atoms with Crippen LogP contribution in [0.1, 0.15) is 0 Å². The molecular weight excluding hydrogens is 388 g/mol. The molecule has 0 atom stereocenters. The average molecular weight is 398 g/mol. The van der Waals surface area contributed by atoms with E-state index in [9.17, 15) is 8.42 Å². The molecule has 1 aromatic heterocycles. The first-order valence-corrected chi connectivity index (χ1v) is 6.95. The number of para-hydroxylation sites is 1. The van der Waals surface area contributed by atoms with Gasteiger partial charge in [0.05, 0.1) is 4.90 Å². The molecule has 0 aliphatic rings. The van der Waals surface area contributed by atoms with E-state index in [2.05, 4.69) is 15.4 Å². The molecule has 9 heteroatoms. The zero-order valence-corrected chi connectivity index (χ0v) is 12.7. The van der Waals surface area contributed by atoms with E-state index in [0.717, 1.165) is 11.0 Å². The van der Waals surface area contributed by atoms with E-state index in [4.69, 9.17) is 10.2 Å². The minimum atomic E-state index is -4.03. The van der Waals surface area contributed by atoms with Gasteiger partial charge in [0, 0.05) is 22.4 Å². The van der Waals surface area contributed by atoms with Crippen LogP contribution in [0.5, 0.6) is 5.75 Å². The summed E-state index contributed by atoms with van der Waals surface area (Å²) in [5.74, 6) is -0.387. The molecule has 0 saturated heterocycles. The Morgan fingerprint density at radius 2 is 1.67 bits per heavy atom. The summed E-state index contributed by atoms with van der Waals surface area (Å²) in [6, 6.07) is 12.9. The van der Waals surface area contributed by atoms with Gasteiger partial charge >= 0.3 is 0 Å². The van der Waals surface area contributed by atoms with Crippen molar-refractivity contribution in [2.45, 2.75) is 4.90 Å². The van der Waals surface area contributed by atoms with Gasteiger partial charge in [-0.2, -0.15) is 0 Å². The van der Waals surface area contributed by atoms with Crippen LogP contribution in [0, 0.1) is 0 Å². The normalized spacial score (nSPS) is 10.3. The monoisotopic (exact) mass is 397 g/mol. The van der Waals surface area contributed by atoms with Crippen LogP contribution >= 0.6 is 0 Å². The predicted octanol–water partition coefficient (Wildman–Crippen LogP) is 1.72. The van der Waals surface area contributed by atoms with Gasteiger partial charge in [-0.25, -0.2) is 8.42 Å². The Hall–Kier alpha value is -1.71. The predicted molar refractivity (Wildman–Crippen MR) is 72.5 cm³/mol. The standard InChI is InChI=1S/C6H4N3.C6H6NO3S.Ag/c1-2-4-6-5(3-1)7-9-8-6;7-11(9,10)6-4-2-1-3-5(6)8;/h1-4H;1-4H,(H2-,7,8,9,10);/q2*-1;. The van der Waals surface area contributed by atoms with Crippen LogP contribution < -0.4 is 5.10 Å². The van der Waals surface area contributed by atoms with E-state index < -0.39 is 10.0 Å². The van der Waals surface area contributed by atoms with E-state index in [1.807, 2.05) is 24.3 Å². The number of phenols is 1. The second-order valence-electron chi connectivity index (χ2n) is 3.75. The van der Waals surface area contributed by atoms with E-state index in [1.54, 1.807) is 0 Å². The second-order valence-corrected chi connectivity index (χ2v) is 5.20. The summed E-state index contributed by atoms with van der Waals surface area (Å²) in [6.45, 7) is 0. The van der Waals surface area contributed by atoms with Gasteiger partial charge < -0.3 is 20.4 Å². The van der Waals surface area contributed by atoms with E-state index in [-0.39, 0.29) is 33.0 Å². The van der Waals surface area contributed by atoms with Crippen LogP contribution in [0.2, 0.25) is 0 Å². The van der Waals surface area contributed by atoms with Crippen LogP contribution in [0.4, 0.5) is 0 Å². The number of aromatic nitrogens is 3. The molecule has 0 unspecified atom stereocenters. The Morgan fingerprint density at radius 1 is 1.05 bits per heavy atom. The molecule has 0 fully saturated rings. The average Bonchev–Trinajstić information content (AvgIpc) is 2.87. The summed E-state index contributed by atoms with van der Waals surface area (Å²) < 4.78 is 21.1. The summed E-state index contributed by atoms with van der Waals surface area (Å²) in [5.41, 5.74) is 1.72. The van der Waals surface area contributed by atoms with Gasteiger partial charge in [-0.3, -0.25) is 5.21 Å². The van der Waals surface area contributed by atoms with Gasteiger partial charge in [-0.1, -0.05) is 36.4 Å². The Kier molecular flexibility index (Phi) is 6.06. The Labute approximate surface area is 136 Å². The van der Waals surface area contributed by atoms with Gasteiger partial charge in [-0.15, -0.1) is 0 Å². The Morgan fingerprint density at radius 3 is 2.24 bits per heavy atom. The number of phenolic OH excluding ortho intramolecular Hbond substituents is 1. The van der Waals surface area contributed by atoms with Crippen LogP contribution in [0.25, 0.3) is 16.2 Å². The van der Waals surface area contributed by atoms with Crippen molar-refractivity contribution in [3.8, 4) is 5.75 Å². The number of nitrogens with zero attached hydrogens (tertiary/aromatic N) is 3. The van der Waals surface area contributed by atoms with E-state index in [1.165, 1.54) is 24.3 Å². The van der Waals surface area contributed by atoms with Gasteiger partial charge in [0.25, 0.3) is 0 Å². The van der Waals surface area contributed by atoms with Crippen molar-refractivity contribution >= 4 is 21.1 Å². The third-order valence-corrected chi connectivity index (χ3v) is 3.27. The number of fused-ring (bicyclic) bond motifs is 1. The summed E-state index contributed by atoms with van der Waals surface area (Å²) >= 11 is 0. The maximum atomic E-state index is 10.6. The van der Waals surface area contributed by atoms with Crippen molar-refractivity contribution in [2.75, 3.05) is 0 Å². The maximum Gasteiger partial charge on any atom is 0.132 e. The number of hydrogen-bond donors (Lipinski definition) is 1. The van der Waals surface area contributed by atoms with Crippen molar-refractivity contribution in [2.24, 2.45) is 0 Å². The topological polar surface area (TPSA) is 118 Å². The van der Waals surface area contributed by atoms with E-state index >= 15 is 0 Å². The second kappa shape index (κ2) is 7.34. The molecule has 7 nitrogen and oxygen atoms in total. The molecule has 0 bridgehead atoms. The molecule has 0 aliphatic heterocycles. The first kappa shape index (κ1) is 17.3. The number of nitrogens with one attached hydrogen (secondary N) is 1. The van der Waals surface area contributed by atoms with Gasteiger partial charge in [0.2, 0.25) is 0 Å². The zero-order chi connectivity index (χ0) is 14.6. The maximum absolute atomic E-state index is 10.6. The summed E-state index contributed by atoms with van der Waals surface area (Å²) in [5, 5.41) is 26.6. The molecule has 0 amide bonds. The fraction of sp³-hybridized carbons (Fsp3) is 0. The summed E-state index contributed by atoms with van der Waals surface area (Å²) in [7, 11) is -4.03. The Balaban J connectivity index is 0.000000203. The summed E-state index contributed by atoms with van der Waals surface area (Å²) in [6.07, 6.45) is 0. The molecule has 2 N–H and O–H groups in total. The van der Waals surface area contributed by atoms with Crippen molar-refractivity contribution in [1.29, 1.82) is 0 Å². The third kappa shape index (κ3) is 4.66. The van der Waals surface area contributed by atoms with Crippen LogP contribution in [-0.2, 0) is 32.4 Å². The largest absolute Gasteiger partial charge is 0.560 e. The SMILES string of the molecule is [Ag].[NH-]S(=O)(=O)c1ccccc1O.c1ccc2[n-]nnc2c1.